The highest BCUT2D eigenvalue weighted by atomic mass is 32.2. The fraction of sp³-hybridized carbons (Fsp3) is 0.348. The number of benzene rings is 2. The van der Waals surface area contributed by atoms with E-state index in [1.165, 1.54) is 15.3 Å². The highest BCUT2D eigenvalue weighted by Gasteiger charge is 2.29. The van der Waals surface area contributed by atoms with Crippen LogP contribution in [0.4, 0.5) is 0 Å². The van der Waals surface area contributed by atoms with Gasteiger partial charge in [0.2, 0.25) is 10.0 Å². The zero-order chi connectivity index (χ0) is 21.6. The van der Waals surface area contributed by atoms with E-state index >= 15 is 0 Å². The van der Waals surface area contributed by atoms with Gasteiger partial charge in [0.25, 0.3) is 5.91 Å². The number of rotatable bonds is 7. The van der Waals surface area contributed by atoms with Gasteiger partial charge in [-0.15, -0.1) is 0 Å². The first-order chi connectivity index (χ1) is 14.3. The summed E-state index contributed by atoms with van der Waals surface area (Å²) in [6.45, 7) is 5.11. The number of likely N-dealkylation sites (N-methyl/N-ethyl adjacent to an activating group) is 1. The van der Waals surface area contributed by atoms with Crippen LogP contribution in [0.25, 0.3) is 6.08 Å². The second-order valence-corrected chi connectivity index (χ2v) is 9.64. The Bertz CT molecular complexity index is 965. The van der Waals surface area contributed by atoms with E-state index in [2.05, 4.69) is 0 Å². The highest BCUT2D eigenvalue weighted by molar-refractivity contribution is 7.92. The second-order valence-electron chi connectivity index (χ2n) is 7.82. The highest BCUT2D eigenvalue weighted by Crippen LogP contribution is 2.09. The SMILES string of the molecule is Cc1ccc(CN(C)C(=O)C[NH+]2CCN(S(=O)(=O)/C=C/c3ccccc3)CC2)cc1. The molecule has 160 valence electrons. The quantitative estimate of drug-likeness (QED) is 0.720. The van der Waals surface area contributed by atoms with Crippen LogP contribution in [0, 0.1) is 6.92 Å². The second kappa shape index (κ2) is 10.0. The van der Waals surface area contributed by atoms with Crippen molar-refractivity contribution in [1.82, 2.24) is 9.21 Å². The molecule has 0 aliphatic carbocycles. The van der Waals surface area contributed by atoms with Crippen molar-refractivity contribution in [1.29, 1.82) is 0 Å². The van der Waals surface area contributed by atoms with Gasteiger partial charge in [0, 0.05) is 19.0 Å². The van der Waals surface area contributed by atoms with Gasteiger partial charge in [0.05, 0.1) is 26.2 Å². The molecule has 2 aromatic rings. The lowest BCUT2D eigenvalue weighted by atomic mass is 10.1. The first-order valence-electron chi connectivity index (χ1n) is 10.2. The Kier molecular flexibility index (Phi) is 7.42. The van der Waals surface area contributed by atoms with Crippen LogP contribution < -0.4 is 4.90 Å². The van der Waals surface area contributed by atoms with Crippen molar-refractivity contribution < 1.29 is 18.1 Å². The first-order valence-corrected chi connectivity index (χ1v) is 11.7. The molecule has 0 atom stereocenters. The molecule has 30 heavy (non-hydrogen) atoms. The summed E-state index contributed by atoms with van der Waals surface area (Å²) in [6.07, 6.45) is 1.62. The standard InChI is InChI=1S/C23H29N3O3S/c1-20-8-10-22(11-9-20)18-24(2)23(27)19-25-13-15-26(16-14-25)30(28,29)17-12-21-6-4-3-5-7-21/h3-12,17H,13-16,18-19H2,1-2H3/p+1/b17-12+. The Morgan fingerprint density at radius 3 is 2.33 bits per heavy atom. The molecule has 1 fully saturated rings. The van der Waals surface area contributed by atoms with Crippen molar-refractivity contribution >= 4 is 22.0 Å². The van der Waals surface area contributed by atoms with E-state index in [-0.39, 0.29) is 5.91 Å². The fourth-order valence-electron chi connectivity index (χ4n) is 3.45. The lowest BCUT2D eigenvalue weighted by Crippen LogP contribution is -3.15. The fourth-order valence-corrected chi connectivity index (χ4v) is 4.65. The van der Waals surface area contributed by atoms with Gasteiger partial charge in [-0.1, -0.05) is 60.2 Å². The van der Waals surface area contributed by atoms with Crippen LogP contribution in [-0.2, 0) is 21.4 Å². The maximum atomic E-state index is 12.6. The topological polar surface area (TPSA) is 62.1 Å². The molecule has 0 radical (unpaired) electrons. The molecule has 7 heteroatoms. The largest absolute Gasteiger partial charge is 0.337 e. The predicted octanol–water partition coefficient (Wildman–Crippen LogP) is 1.15. The van der Waals surface area contributed by atoms with E-state index in [4.69, 9.17) is 0 Å². The lowest BCUT2D eigenvalue weighted by Gasteiger charge is -2.31. The number of nitrogens with one attached hydrogen (secondary N) is 1. The predicted molar refractivity (Wildman–Crippen MR) is 119 cm³/mol. The van der Waals surface area contributed by atoms with Crippen LogP contribution in [0.5, 0.6) is 0 Å². The molecular formula is C23H30N3O3S+. The third-order valence-corrected chi connectivity index (χ3v) is 6.95. The number of hydrogen-bond donors (Lipinski definition) is 1. The molecule has 1 N–H and O–H groups in total. The minimum atomic E-state index is -3.45. The van der Waals surface area contributed by atoms with Gasteiger partial charge in [-0.25, -0.2) is 8.42 Å². The minimum absolute atomic E-state index is 0.0749. The molecule has 2 aromatic carbocycles. The minimum Gasteiger partial charge on any atom is -0.337 e. The maximum Gasteiger partial charge on any atom is 0.277 e. The third kappa shape index (κ3) is 6.26. The van der Waals surface area contributed by atoms with E-state index in [0.29, 0.717) is 39.3 Å². The average Bonchev–Trinajstić information content (AvgIpc) is 2.75. The summed E-state index contributed by atoms with van der Waals surface area (Å²) in [5.41, 5.74) is 3.16. The van der Waals surface area contributed by atoms with Gasteiger partial charge in [-0.3, -0.25) is 4.79 Å². The number of amides is 1. The van der Waals surface area contributed by atoms with Crippen molar-refractivity contribution in [2.45, 2.75) is 13.5 Å². The molecule has 0 saturated carbocycles. The first kappa shape index (κ1) is 22.2. The number of piperazine rings is 1. The number of hydrogen-bond acceptors (Lipinski definition) is 3. The number of sulfonamides is 1. The average molecular weight is 429 g/mol. The van der Waals surface area contributed by atoms with Gasteiger partial charge < -0.3 is 9.80 Å². The van der Waals surface area contributed by atoms with Crippen LogP contribution in [-0.4, -0.2) is 63.3 Å². The summed E-state index contributed by atoms with van der Waals surface area (Å²) in [5.74, 6) is 0.0749. The van der Waals surface area contributed by atoms with Crippen molar-refractivity contribution in [2.24, 2.45) is 0 Å². The van der Waals surface area contributed by atoms with Crippen molar-refractivity contribution in [3.63, 3.8) is 0 Å². The van der Waals surface area contributed by atoms with E-state index in [0.717, 1.165) is 16.0 Å². The molecular weight excluding hydrogens is 398 g/mol. The van der Waals surface area contributed by atoms with Crippen LogP contribution in [0.2, 0.25) is 0 Å². The molecule has 6 nitrogen and oxygen atoms in total. The summed E-state index contributed by atoms with van der Waals surface area (Å²) in [7, 11) is -1.63. The molecule has 0 unspecified atom stereocenters. The Hall–Kier alpha value is -2.48. The van der Waals surface area contributed by atoms with Crippen molar-refractivity contribution in [2.75, 3.05) is 39.8 Å². The van der Waals surface area contributed by atoms with Gasteiger partial charge in [0.15, 0.2) is 6.54 Å². The summed E-state index contributed by atoms with van der Waals surface area (Å²) in [4.78, 5) is 15.4. The molecule has 1 heterocycles. The summed E-state index contributed by atoms with van der Waals surface area (Å²) < 4.78 is 26.7. The van der Waals surface area contributed by atoms with E-state index in [9.17, 15) is 13.2 Å². The van der Waals surface area contributed by atoms with E-state index in [1.54, 1.807) is 11.0 Å². The Labute approximate surface area is 179 Å². The smallest absolute Gasteiger partial charge is 0.277 e. The van der Waals surface area contributed by atoms with Gasteiger partial charge in [-0.2, -0.15) is 4.31 Å². The molecule has 1 amide bonds. The Balaban J connectivity index is 1.48. The van der Waals surface area contributed by atoms with Crippen LogP contribution in [0.1, 0.15) is 16.7 Å². The number of nitrogens with zero attached hydrogens (tertiary/aromatic N) is 2. The number of carbonyl (C=O) groups is 1. The van der Waals surface area contributed by atoms with E-state index in [1.807, 2.05) is 68.6 Å². The van der Waals surface area contributed by atoms with Crippen LogP contribution in [0.3, 0.4) is 0 Å². The molecule has 3 rings (SSSR count). The molecule has 1 aliphatic heterocycles. The van der Waals surface area contributed by atoms with E-state index < -0.39 is 10.0 Å². The Morgan fingerprint density at radius 1 is 1.07 bits per heavy atom. The van der Waals surface area contributed by atoms with Gasteiger partial charge in [-0.05, 0) is 24.1 Å². The number of carbonyl (C=O) groups excluding carboxylic acids is 1. The summed E-state index contributed by atoms with van der Waals surface area (Å²) in [5, 5.41) is 1.27. The molecule has 0 aromatic heterocycles. The summed E-state index contributed by atoms with van der Waals surface area (Å²) >= 11 is 0. The van der Waals surface area contributed by atoms with Gasteiger partial charge >= 0.3 is 0 Å². The zero-order valence-electron chi connectivity index (χ0n) is 17.6. The normalized spacial score (nSPS) is 16.1. The van der Waals surface area contributed by atoms with Crippen LogP contribution in [0.15, 0.2) is 60.0 Å². The number of quaternary nitrogens is 1. The Morgan fingerprint density at radius 2 is 1.70 bits per heavy atom. The number of aryl methyl sites for hydroxylation is 1. The lowest BCUT2D eigenvalue weighted by molar-refractivity contribution is -0.895. The van der Waals surface area contributed by atoms with Gasteiger partial charge in [0.1, 0.15) is 0 Å². The molecule has 1 aliphatic rings. The monoisotopic (exact) mass is 428 g/mol. The summed E-state index contributed by atoms with van der Waals surface area (Å²) in [6, 6.07) is 17.6. The van der Waals surface area contributed by atoms with Crippen LogP contribution >= 0.6 is 0 Å². The third-order valence-electron chi connectivity index (χ3n) is 5.39. The van der Waals surface area contributed by atoms with Crippen molar-refractivity contribution in [3.05, 3.63) is 76.7 Å². The molecule has 0 bridgehead atoms. The molecule has 0 spiro atoms. The maximum absolute atomic E-state index is 12.6. The molecule has 1 saturated heterocycles. The van der Waals surface area contributed by atoms with Crippen molar-refractivity contribution in [3.8, 4) is 0 Å². The zero-order valence-corrected chi connectivity index (χ0v) is 18.4.